The first-order valence-corrected chi connectivity index (χ1v) is 7.00. The predicted molar refractivity (Wildman–Crippen MR) is 84.8 cm³/mol. The highest BCUT2D eigenvalue weighted by molar-refractivity contribution is 5.62. The summed E-state index contributed by atoms with van der Waals surface area (Å²) in [5.74, 6) is 1.57. The zero-order valence-corrected chi connectivity index (χ0v) is 12.5. The number of hydrogen-bond acceptors (Lipinski definition) is 6. The van der Waals surface area contributed by atoms with Crippen molar-refractivity contribution in [2.75, 3.05) is 12.4 Å². The Morgan fingerprint density at radius 2 is 1.91 bits per heavy atom. The lowest BCUT2D eigenvalue weighted by atomic mass is 10.2. The van der Waals surface area contributed by atoms with E-state index >= 15 is 0 Å². The molecule has 3 rings (SSSR count). The highest BCUT2D eigenvalue weighted by atomic mass is 16.5. The maximum Gasteiger partial charge on any atom is 0.251 e. The molecule has 1 N–H and O–H groups in total. The van der Waals surface area contributed by atoms with E-state index in [-0.39, 0.29) is 0 Å². The van der Waals surface area contributed by atoms with Crippen LogP contribution in [-0.4, -0.2) is 17.3 Å². The van der Waals surface area contributed by atoms with Gasteiger partial charge in [0.1, 0.15) is 5.75 Å². The molecule has 0 atom stereocenters. The third-order valence-electron chi connectivity index (χ3n) is 3.26. The van der Waals surface area contributed by atoms with Crippen LogP contribution in [0.15, 0.2) is 52.9 Å². The molecule has 0 fully saturated rings. The summed E-state index contributed by atoms with van der Waals surface area (Å²) in [5, 5.41) is 20.0. The molecule has 0 saturated heterocycles. The quantitative estimate of drug-likeness (QED) is 0.779. The van der Waals surface area contributed by atoms with Crippen molar-refractivity contribution in [1.82, 2.24) is 10.2 Å². The van der Waals surface area contributed by atoms with Crippen molar-refractivity contribution in [1.29, 1.82) is 5.26 Å². The van der Waals surface area contributed by atoms with Crippen molar-refractivity contribution in [3.8, 4) is 23.3 Å². The summed E-state index contributed by atoms with van der Waals surface area (Å²) in [6.45, 7) is 0.397. The summed E-state index contributed by atoms with van der Waals surface area (Å²) >= 11 is 0. The van der Waals surface area contributed by atoms with Gasteiger partial charge < -0.3 is 14.5 Å². The van der Waals surface area contributed by atoms with Crippen LogP contribution in [0, 0.1) is 11.3 Å². The number of rotatable bonds is 5. The SMILES string of the molecule is COc1ccccc1-c1nnc(CNc2ccc(C#N)cc2)o1. The van der Waals surface area contributed by atoms with Crippen molar-refractivity contribution in [3.63, 3.8) is 0 Å². The first-order chi connectivity index (χ1) is 11.3. The fraction of sp³-hybridized carbons (Fsp3) is 0.118. The topological polar surface area (TPSA) is 84.0 Å². The van der Waals surface area contributed by atoms with Gasteiger partial charge in [-0.3, -0.25) is 0 Å². The van der Waals surface area contributed by atoms with Gasteiger partial charge in [0.05, 0.1) is 30.9 Å². The van der Waals surface area contributed by atoms with Crippen molar-refractivity contribution in [3.05, 3.63) is 60.0 Å². The van der Waals surface area contributed by atoms with E-state index in [0.29, 0.717) is 29.6 Å². The first kappa shape index (κ1) is 14.6. The van der Waals surface area contributed by atoms with Crippen LogP contribution in [0.25, 0.3) is 11.5 Å². The van der Waals surface area contributed by atoms with Crippen LogP contribution in [0.4, 0.5) is 5.69 Å². The number of methoxy groups -OCH3 is 1. The zero-order valence-electron chi connectivity index (χ0n) is 12.5. The number of anilines is 1. The summed E-state index contributed by atoms with van der Waals surface area (Å²) in [7, 11) is 1.60. The second-order valence-electron chi connectivity index (χ2n) is 4.74. The molecule has 2 aromatic carbocycles. The number of nitrogens with one attached hydrogen (secondary N) is 1. The van der Waals surface area contributed by atoms with Crippen LogP contribution in [0.2, 0.25) is 0 Å². The number of hydrogen-bond donors (Lipinski definition) is 1. The van der Waals surface area contributed by atoms with Crippen LogP contribution >= 0.6 is 0 Å². The predicted octanol–water partition coefficient (Wildman–Crippen LogP) is 3.23. The maximum atomic E-state index is 8.78. The average molecular weight is 306 g/mol. The normalized spacial score (nSPS) is 10.1. The van der Waals surface area contributed by atoms with Gasteiger partial charge in [0.2, 0.25) is 5.89 Å². The fourth-order valence-electron chi connectivity index (χ4n) is 2.10. The molecule has 1 heterocycles. The Hall–Kier alpha value is -3.33. The molecule has 0 aliphatic rings. The lowest BCUT2D eigenvalue weighted by Crippen LogP contribution is -1.99. The van der Waals surface area contributed by atoms with E-state index in [1.807, 2.05) is 36.4 Å². The molecular weight excluding hydrogens is 292 g/mol. The molecule has 0 bridgehead atoms. The van der Waals surface area contributed by atoms with E-state index in [1.54, 1.807) is 19.2 Å². The summed E-state index contributed by atoms with van der Waals surface area (Å²) in [5.41, 5.74) is 2.25. The molecular formula is C17H14N4O2. The molecule has 6 nitrogen and oxygen atoms in total. The van der Waals surface area contributed by atoms with Gasteiger partial charge in [0.25, 0.3) is 5.89 Å². The number of nitriles is 1. The van der Waals surface area contributed by atoms with Crippen molar-refractivity contribution < 1.29 is 9.15 Å². The molecule has 0 amide bonds. The summed E-state index contributed by atoms with van der Waals surface area (Å²) < 4.78 is 11.0. The second kappa shape index (κ2) is 6.62. The average Bonchev–Trinajstić information content (AvgIpc) is 3.09. The van der Waals surface area contributed by atoms with Gasteiger partial charge in [0.15, 0.2) is 0 Å². The molecule has 1 aromatic heterocycles. The molecule has 6 heteroatoms. The largest absolute Gasteiger partial charge is 0.496 e. The Morgan fingerprint density at radius 3 is 2.65 bits per heavy atom. The van der Waals surface area contributed by atoms with Crippen LogP contribution in [0.5, 0.6) is 5.75 Å². The van der Waals surface area contributed by atoms with Gasteiger partial charge in [-0.2, -0.15) is 5.26 Å². The highest BCUT2D eigenvalue weighted by Gasteiger charge is 2.12. The monoisotopic (exact) mass is 306 g/mol. The van der Waals surface area contributed by atoms with Crippen LogP contribution < -0.4 is 10.1 Å². The van der Waals surface area contributed by atoms with Crippen molar-refractivity contribution in [2.45, 2.75) is 6.54 Å². The Labute approximate surface area is 133 Å². The Balaban J connectivity index is 1.71. The number of aromatic nitrogens is 2. The van der Waals surface area contributed by atoms with Gasteiger partial charge in [-0.05, 0) is 36.4 Å². The Bertz CT molecular complexity index is 834. The third kappa shape index (κ3) is 3.30. The van der Waals surface area contributed by atoms with Gasteiger partial charge in [0, 0.05) is 5.69 Å². The number of benzene rings is 2. The zero-order chi connectivity index (χ0) is 16.1. The fourth-order valence-corrected chi connectivity index (χ4v) is 2.10. The first-order valence-electron chi connectivity index (χ1n) is 7.00. The van der Waals surface area contributed by atoms with Crippen LogP contribution in [-0.2, 0) is 6.54 Å². The Morgan fingerprint density at radius 1 is 1.13 bits per heavy atom. The molecule has 0 aliphatic carbocycles. The minimum Gasteiger partial charge on any atom is -0.496 e. The molecule has 0 aliphatic heterocycles. The molecule has 23 heavy (non-hydrogen) atoms. The van der Waals surface area contributed by atoms with E-state index in [1.165, 1.54) is 0 Å². The lowest BCUT2D eigenvalue weighted by Gasteiger charge is -2.04. The van der Waals surface area contributed by atoms with Gasteiger partial charge in [-0.25, -0.2) is 0 Å². The molecule has 114 valence electrons. The van der Waals surface area contributed by atoms with Crippen LogP contribution in [0.1, 0.15) is 11.5 Å². The molecule has 0 radical (unpaired) electrons. The molecule has 0 unspecified atom stereocenters. The van der Waals surface area contributed by atoms with Gasteiger partial charge in [-0.1, -0.05) is 12.1 Å². The van der Waals surface area contributed by atoms with Gasteiger partial charge >= 0.3 is 0 Å². The lowest BCUT2D eigenvalue weighted by molar-refractivity contribution is 0.413. The number of ether oxygens (including phenoxy) is 1. The molecule has 0 spiro atoms. The summed E-state index contributed by atoms with van der Waals surface area (Å²) in [6.07, 6.45) is 0. The molecule has 3 aromatic rings. The third-order valence-corrected chi connectivity index (χ3v) is 3.26. The number of para-hydroxylation sites is 1. The summed E-state index contributed by atoms with van der Waals surface area (Å²) in [6, 6.07) is 16.7. The van der Waals surface area contributed by atoms with Crippen molar-refractivity contribution in [2.24, 2.45) is 0 Å². The number of nitrogens with zero attached hydrogens (tertiary/aromatic N) is 3. The highest BCUT2D eigenvalue weighted by Crippen LogP contribution is 2.28. The minimum absolute atomic E-state index is 0.397. The maximum absolute atomic E-state index is 8.78. The second-order valence-corrected chi connectivity index (χ2v) is 4.74. The van der Waals surface area contributed by atoms with E-state index in [4.69, 9.17) is 14.4 Å². The van der Waals surface area contributed by atoms with E-state index < -0.39 is 0 Å². The van der Waals surface area contributed by atoms with E-state index in [2.05, 4.69) is 21.6 Å². The van der Waals surface area contributed by atoms with Crippen LogP contribution in [0.3, 0.4) is 0 Å². The van der Waals surface area contributed by atoms with E-state index in [9.17, 15) is 0 Å². The van der Waals surface area contributed by atoms with Gasteiger partial charge in [-0.15, -0.1) is 10.2 Å². The smallest absolute Gasteiger partial charge is 0.251 e. The standard InChI is InChI=1S/C17H14N4O2/c1-22-15-5-3-2-4-14(15)17-21-20-16(23-17)11-19-13-8-6-12(10-18)7-9-13/h2-9,19H,11H2,1H3. The molecule has 0 saturated carbocycles. The minimum atomic E-state index is 0.397. The van der Waals surface area contributed by atoms with Crippen molar-refractivity contribution >= 4 is 5.69 Å². The Kier molecular flexibility index (Phi) is 4.20. The van der Waals surface area contributed by atoms with E-state index in [0.717, 1.165) is 11.3 Å². The summed E-state index contributed by atoms with van der Waals surface area (Å²) in [4.78, 5) is 0.